The molecule has 0 aliphatic carbocycles. The first-order valence-corrected chi connectivity index (χ1v) is 8.93. The van der Waals surface area contributed by atoms with E-state index in [0.717, 1.165) is 16.0 Å². The summed E-state index contributed by atoms with van der Waals surface area (Å²) in [5.74, 6) is 0.247. The van der Waals surface area contributed by atoms with Gasteiger partial charge in [0, 0.05) is 6.42 Å². The van der Waals surface area contributed by atoms with Gasteiger partial charge in [-0.2, -0.15) is 5.26 Å². The molecule has 2 rings (SSSR count). The Kier molecular flexibility index (Phi) is 6.55. The maximum absolute atomic E-state index is 8.66. The molecule has 1 aromatic carbocycles. The summed E-state index contributed by atoms with van der Waals surface area (Å²) in [6, 6.07) is 7.68. The average molecular weight is 387 g/mol. The Morgan fingerprint density at radius 3 is 2.35 bits per heavy atom. The van der Waals surface area contributed by atoms with Gasteiger partial charge in [0.2, 0.25) is 0 Å². The zero-order valence-corrected chi connectivity index (χ0v) is 15.7. The first-order chi connectivity index (χ1) is 10.9. The number of aryl methyl sites for hydroxylation is 1. The molecule has 0 atom stereocenters. The number of rotatable bonds is 5. The van der Waals surface area contributed by atoms with Gasteiger partial charge in [-0.1, -0.05) is 60.4 Å². The minimum Gasteiger partial charge on any atom is -0.198 e. The van der Waals surface area contributed by atoms with E-state index in [-0.39, 0.29) is 5.92 Å². The summed E-state index contributed by atoms with van der Waals surface area (Å²) in [6.45, 7) is 4.09. The van der Waals surface area contributed by atoms with Crippen LogP contribution in [0.4, 0.5) is 0 Å². The van der Waals surface area contributed by atoms with Crippen molar-refractivity contribution in [2.24, 2.45) is 0 Å². The summed E-state index contributed by atoms with van der Waals surface area (Å²) in [5, 5.41) is 18.9. The zero-order chi connectivity index (χ0) is 17.0. The molecule has 0 amide bonds. The molecule has 3 nitrogen and oxygen atoms in total. The Morgan fingerprint density at radius 2 is 1.78 bits per heavy atom. The topological polar surface area (TPSA) is 49.6 Å². The number of hydrogen-bond acceptors (Lipinski definition) is 4. The monoisotopic (exact) mass is 385 g/mol. The van der Waals surface area contributed by atoms with Crippen LogP contribution in [0.15, 0.2) is 28.1 Å². The number of nitriles is 1. The lowest BCUT2D eigenvalue weighted by molar-refractivity contribution is 0.815. The fourth-order valence-electron chi connectivity index (χ4n) is 1.99. The lowest BCUT2D eigenvalue weighted by Gasteiger charge is -2.11. The molecule has 7 heteroatoms. The van der Waals surface area contributed by atoms with Crippen LogP contribution in [0.2, 0.25) is 15.2 Å². The van der Waals surface area contributed by atoms with Crippen LogP contribution >= 0.6 is 46.6 Å². The molecule has 0 saturated heterocycles. The lowest BCUT2D eigenvalue weighted by Crippen LogP contribution is -1.96. The summed E-state index contributed by atoms with van der Waals surface area (Å²) in [7, 11) is 0. The minimum atomic E-state index is 0.247. The van der Waals surface area contributed by atoms with Gasteiger partial charge < -0.3 is 0 Å². The number of benzene rings is 1. The van der Waals surface area contributed by atoms with Gasteiger partial charge in [-0.25, -0.2) is 0 Å². The lowest BCUT2D eigenvalue weighted by atomic mass is 10.1. The smallest absolute Gasteiger partial charge is 0.155 e. The molecule has 0 aliphatic rings. The summed E-state index contributed by atoms with van der Waals surface area (Å²) in [6.07, 6.45) is 1.05. The standard InChI is InChI=1S/C16H14Cl3N3S/c1-9(2)11-8-14(21-22-16(11)19)23-15-12(17)6-10(4-3-5-20)7-13(15)18/h6-9H,3-4H2,1-2H3. The highest BCUT2D eigenvalue weighted by Gasteiger charge is 2.14. The van der Waals surface area contributed by atoms with Crippen molar-refractivity contribution in [2.45, 2.75) is 42.5 Å². The van der Waals surface area contributed by atoms with Gasteiger partial charge in [0.05, 0.1) is 21.0 Å². The third kappa shape index (κ3) is 4.74. The van der Waals surface area contributed by atoms with E-state index >= 15 is 0 Å². The molecule has 0 aliphatic heterocycles. The van der Waals surface area contributed by atoms with E-state index in [0.29, 0.717) is 33.1 Å². The van der Waals surface area contributed by atoms with Gasteiger partial charge in [-0.3, -0.25) is 0 Å². The van der Waals surface area contributed by atoms with Crippen LogP contribution in [0, 0.1) is 11.3 Å². The molecular weight excluding hydrogens is 373 g/mol. The van der Waals surface area contributed by atoms with Gasteiger partial charge in [-0.15, -0.1) is 10.2 Å². The molecule has 1 heterocycles. The summed E-state index contributed by atoms with van der Waals surface area (Å²) in [4.78, 5) is 0.723. The normalized spacial score (nSPS) is 10.8. The second kappa shape index (κ2) is 8.21. The molecular formula is C16H14Cl3N3S. The Morgan fingerprint density at radius 1 is 1.13 bits per heavy atom. The van der Waals surface area contributed by atoms with Crippen molar-refractivity contribution >= 4 is 46.6 Å². The molecule has 1 aromatic heterocycles. The molecule has 2 aromatic rings. The summed E-state index contributed by atoms with van der Waals surface area (Å²) >= 11 is 20.1. The fourth-order valence-corrected chi connectivity index (χ4v) is 3.85. The fraction of sp³-hybridized carbons (Fsp3) is 0.312. The second-order valence-electron chi connectivity index (χ2n) is 5.23. The van der Waals surface area contributed by atoms with E-state index in [9.17, 15) is 0 Å². The number of aromatic nitrogens is 2. The molecule has 0 N–H and O–H groups in total. The molecule has 0 spiro atoms. The quantitative estimate of drug-likeness (QED) is 0.616. The molecule has 0 unspecified atom stereocenters. The highest BCUT2D eigenvalue weighted by molar-refractivity contribution is 7.99. The zero-order valence-electron chi connectivity index (χ0n) is 12.6. The second-order valence-corrected chi connectivity index (χ2v) is 7.44. The third-order valence-corrected chi connectivity index (χ3v) is 5.33. The van der Waals surface area contributed by atoms with E-state index in [2.05, 4.69) is 16.3 Å². The highest BCUT2D eigenvalue weighted by Crippen LogP contribution is 2.39. The van der Waals surface area contributed by atoms with Crippen molar-refractivity contribution < 1.29 is 0 Å². The van der Waals surface area contributed by atoms with E-state index in [1.165, 1.54) is 11.8 Å². The maximum Gasteiger partial charge on any atom is 0.155 e. The first-order valence-electron chi connectivity index (χ1n) is 6.98. The van der Waals surface area contributed by atoms with E-state index in [1.807, 2.05) is 32.0 Å². The van der Waals surface area contributed by atoms with Crippen LogP contribution in [-0.4, -0.2) is 10.2 Å². The van der Waals surface area contributed by atoms with Crippen molar-refractivity contribution in [1.82, 2.24) is 10.2 Å². The van der Waals surface area contributed by atoms with Gasteiger partial charge in [0.1, 0.15) is 5.03 Å². The highest BCUT2D eigenvalue weighted by atomic mass is 35.5. The van der Waals surface area contributed by atoms with Gasteiger partial charge in [-0.05, 0) is 41.7 Å². The van der Waals surface area contributed by atoms with E-state index in [1.54, 1.807) is 0 Å². The van der Waals surface area contributed by atoms with Crippen LogP contribution in [-0.2, 0) is 6.42 Å². The molecule has 0 bridgehead atoms. The van der Waals surface area contributed by atoms with Crippen molar-refractivity contribution in [3.63, 3.8) is 0 Å². The molecule has 23 heavy (non-hydrogen) atoms. The predicted octanol–water partition coefficient (Wildman–Crippen LogP) is 6.17. The van der Waals surface area contributed by atoms with Gasteiger partial charge >= 0.3 is 0 Å². The maximum atomic E-state index is 8.66. The van der Waals surface area contributed by atoms with Crippen molar-refractivity contribution in [2.75, 3.05) is 0 Å². The van der Waals surface area contributed by atoms with Gasteiger partial charge in [0.15, 0.2) is 5.15 Å². The van der Waals surface area contributed by atoms with Crippen molar-refractivity contribution in [3.05, 3.63) is 44.5 Å². The van der Waals surface area contributed by atoms with Crippen molar-refractivity contribution in [1.29, 1.82) is 5.26 Å². The Balaban J connectivity index is 2.30. The Bertz CT molecular complexity index is 734. The van der Waals surface area contributed by atoms with E-state index in [4.69, 9.17) is 40.1 Å². The molecule has 0 saturated carbocycles. The average Bonchev–Trinajstić information content (AvgIpc) is 2.50. The SMILES string of the molecule is CC(C)c1cc(Sc2c(Cl)cc(CCC#N)cc2Cl)nnc1Cl. The van der Waals surface area contributed by atoms with Crippen molar-refractivity contribution in [3.8, 4) is 6.07 Å². The molecule has 0 fully saturated rings. The molecule has 0 radical (unpaired) electrons. The summed E-state index contributed by atoms with van der Waals surface area (Å²) < 4.78 is 0. The Hall–Kier alpha value is -0.990. The predicted molar refractivity (Wildman–Crippen MR) is 95.7 cm³/mol. The molecule has 120 valence electrons. The van der Waals surface area contributed by atoms with Crippen LogP contribution in [0.3, 0.4) is 0 Å². The van der Waals surface area contributed by atoms with Crippen LogP contribution < -0.4 is 0 Å². The van der Waals surface area contributed by atoms with Crippen LogP contribution in [0.25, 0.3) is 0 Å². The number of hydrogen-bond donors (Lipinski definition) is 0. The minimum absolute atomic E-state index is 0.247. The third-order valence-electron chi connectivity index (χ3n) is 3.17. The first kappa shape index (κ1) is 18.4. The number of halogens is 3. The van der Waals surface area contributed by atoms with Gasteiger partial charge in [0.25, 0.3) is 0 Å². The summed E-state index contributed by atoms with van der Waals surface area (Å²) in [5.41, 5.74) is 1.87. The van der Waals surface area contributed by atoms with E-state index < -0.39 is 0 Å². The Labute approximate surface area is 155 Å². The van der Waals surface area contributed by atoms with Crippen LogP contribution in [0.1, 0.15) is 37.3 Å². The number of nitrogens with zero attached hydrogens (tertiary/aromatic N) is 3. The largest absolute Gasteiger partial charge is 0.198 e. The van der Waals surface area contributed by atoms with Crippen LogP contribution in [0.5, 0.6) is 0 Å².